The van der Waals surface area contributed by atoms with Gasteiger partial charge < -0.3 is 5.32 Å². The molecule has 0 saturated heterocycles. The molecule has 0 saturated carbocycles. The Hall–Kier alpha value is -1.22. The van der Waals surface area contributed by atoms with Crippen molar-refractivity contribution >= 4 is 5.78 Å². The van der Waals surface area contributed by atoms with Crippen molar-refractivity contribution in [2.45, 2.75) is 46.1 Å². The number of rotatable bonds is 5. The third-order valence-electron chi connectivity index (χ3n) is 2.76. The molecule has 1 aromatic carbocycles. The minimum Gasteiger partial charge on any atom is -0.312 e. The van der Waals surface area contributed by atoms with Gasteiger partial charge in [0.15, 0.2) is 0 Å². The van der Waals surface area contributed by atoms with Gasteiger partial charge in [0.2, 0.25) is 0 Å². The second kappa shape index (κ2) is 6.10. The number of Topliss-reactive ketones (excluding diaryl/α,β-unsaturated/α-hetero) is 1. The molecule has 0 aromatic heterocycles. The highest BCUT2D eigenvalue weighted by Gasteiger charge is 2.11. The standard InChI is InChI=1S/C15H22FNO/c1-11-5-6-13(16)9-12(11)10-14(18)7-8-17-15(2,3)4/h5-6,9,17H,7-8,10H2,1-4H3. The number of ketones is 1. The van der Waals surface area contributed by atoms with Crippen molar-refractivity contribution in [3.05, 3.63) is 35.1 Å². The van der Waals surface area contributed by atoms with Gasteiger partial charge in [0.25, 0.3) is 0 Å². The summed E-state index contributed by atoms with van der Waals surface area (Å²) in [5.41, 5.74) is 1.78. The van der Waals surface area contributed by atoms with Crippen LogP contribution in [-0.2, 0) is 11.2 Å². The Morgan fingerprint density at radius 2 is 2.00 bits per heavy atom. The summed E-state index contributed by atoms with van der Waals surface area (Å²) in [7, 11) is 0. The van der Waals surface area contributed by atoms with Gasteiger partial charge in [-0.25, -0.2) is 4.39 Å². The Morgan fingerprint density at radius 3 is 2.61 bits per heavy atom. The summed E-state index contributed by atoms with van der Waals surface area (Å²) in [5.74, 6) is -0.142. The molecule has 1 aromatic rings. The summed E-state index contributed by atoms with van der Waals surface area (Å²) in [6.07, 6.45) is 0.794. The molecule has 0 bridgehead atoms. The summed E-state index contributed by atoms with van der Waals surface area (Å²) in [5, 5.41) is 3.27. The van der Waals surface area contributed by atoms with Crippen LogP contribution in [0, 0.1) is 12.7 Å². The van der Waals surface area contributed by atoms with Gasteiger partial charge in [0, 0.05) is 24.9 Å². The predicted octanol–water partition coefficient (Wildman–Crippen LogP) is 3.02. The maximum Gasteiger partial charge on any atom is 0.138 e. The molecule has 0 spiro atoms. The fraction of sp³-hybridized carbons (Fsp3) is 0.533. The maximum absolute atomic E-state index is 13.1. The van der Waals surface area contributed by atoms with Crippen LogP contribution in [0.1, 0.15) is 38.3 Å². The Balaban J connectivity index is 2.47. The van der Waals surface area contributed by atoms with E-state index in [1.807, 2.05) is 6.92 Å². The first-order valence-corrected chi connectivity index (χ1v) is 6.30. The van der Waals surface area contributed by atoms with Crippen molar-refractivity contribution in [3.8, 4) is 0 Å². The number of hydrogen-bond donors (Lipinski definition) is 1. The highest BCUT2D eigenvalue weighted by atomic mass is 19.1. The lowest BCUT2D eigenvalue weighted by molar-refractivity contribution is -0.118. The second-order valence-electron chi connectivity index (χ2n) is 5.71. The Kier molecular flexibility index (Phi) is 5.03. The van der Waals surface area contributed by atoms with Crippen molar-refractivity contribution in [1.29, 1.82) is 0 Å². The smallest absolute Gasteiger partial charge is 0.138 e. The quantitative estimate of drug-likeness (QED) is 0.871. The molecule has 0 aliphatic carbocycles. The van der Waals surface area contributed by atoms with Gasteiger partial charge in [-0.2, -0.15) is 0 Å². The van der Waals surface area contributed by atoms with Gasteiger partial charge in [-0.15, -0.1) is 0 Å². The van der Waals surface area contributed by atoms with E-state index in [1.165, 1.54) is 12.1 Å². The Bertz CT molecular complexity index is 421. The molecule has 2 nitrogen and oxygen atoms in total. The molecule has 18 heavy (non-hydrogen) atoms. The van der Waals surface area contributed by atoms with E-state index in [9.17, 15) is 9.18 Å². The van der Waals surface area contributed by atoms with Gasteiger partial charge >= 0.3 is 0 Å². The van der Waals surface area contributed by atoms with E-state index in [0.717, 1.165) is 11.1 Å². The van der Waals surface area contributed by atoms with Gasteiger partial charge in [0.05, 0.1) is 0 Å². The fourth-order valence-electron chi connectivity index (χ4n) is 1.71. The van der Waals surface area contributed by atoms with Gasteiger partial charge in [-0.05, 0) is 51.0 Å². The van der Waals surface area contributed by atoms with E-state index < -0.39 is 0 Å². The van der Waals surface area contributed by atoms with Crippen molar-refractivity contribution < 1.29 is 9.18 Å². The third kappa shape index (κ3) is 5.41. The first kappa shape index (κ1) is 14.8. The molecule has 0 heterocycles. The molecule has 1 N–H and O–H groups in total. The topological polar surface area (TPSA) is 29.1 Å². The lowest BCUT2D eigenvalue weighted by Gasteiger charge is -2.20. The number of carbonyl (C=O) groups is 1. The fourth-order valence-corrected chi connectivity index (χ4v) is 1.71. The molecule has 100 valence electrons. The third-order valence-corrected chi connectivity index (χ3v) is 2.76. The zero-order valence-corrected chi connectivity index (χ0v) is 11.6. The Labute approximate surface area is 109 Å². The van der Waals surface area contributed by atoms with Crippen LogP contribution in [0.5, 0.6) is 0 Å². The summed E-state index contributed by atoms with van der Waals surface area (Å²) in [6.45, 7) is 8.75. The summed E-state index contributed by atoms with van der Waals surface area (Å²) >= 11 is 0. The number of aryl methyl sites for hydroxylation is 1. The van der Waals surface area contributed by atoms with Crippen molar-refractivity contribution in [2.24, 2.45) is 0 Å². The van der Waals surface area contributed by atoms with Gasteiger partial charge in [-0.3, -0.25) is 4.79 Å². The summed E-state index contributed by atoms with van der Waals surface area (Å²) in [6, 6.07) is 4.58. The average Bonchev–Trinajstić information content (AvgIpc) is 2.21. The van der Waals surface area contributed by atoms with E-state index in [4.69, 9.17) is 0 Å². The highest BCUT2D eigenvalue weighted by molar-refractivity contribution is 5.81. The Morgan fingerprint density at radius 1 is 1.33 bits per heavy atom. The van der Waals surface area contributed by atoms with Crippen molar-refractivity contribution in [3.63, 3.8) is 0 Å². The minimum absolute atomic E-state index is 0.0229. The van der Waals surface area contributed by atoms with E-state index in [0.29, 0.717) is 19.4 Å². The van der Waals surface area contributed by atoms with E-state index in [-0.39, 0.29) is 17.1 Å². The van der Waals surface area contributed by atoms with Crippen LogP contribution in [0.4, 0.5) is 4.39 Å². The highest BCUT2D eigenvalue weighted by Crippen LogP contribution is 2.12. The normalized spacial score (nSPS) is 11.6. The van der Waals surface area contributed by atoms with Gasteiger partial charge in [0.1, 0.15) is 11.6 Å². The molecule has 3 heteroatoms. The largest absolute Gasteiger partial charge is 0.312 e. The average molecular weight is 251 g/mol. The van der Waals surface area contributed by atoms with Crippen LogP contribution in [0.15, 0.2) is 18.2 Å². The molecule has 0 radical (unpaired) electrons. The molecule has 0 aliphatic rings. The minimum atomic E-state index is -0.281. The molecule has 1 rings (SSSR count). The van der Waals surface area contributed by atoms with E-state index >= 15 is 0 Å². The van der Waals surface area contributed by atoms with E-state index in [1.54, 1.807) is 6.07 Å². The number of benzene rings is 1. The van der Waals surface area contributed by atoms with Gasteiger partial charge in [-0.1, -0.05) is 6.07 Å². The lowest BCUT2D eigenvalue weighted by Crippen LogP contribution is -2.37. The molecule has 0 fully saturated rings. The zero-order valence-electron chi connectivity index (χ0n) is 11.6. The first-order valence-electron chi connectivity index (χ1n) is 6.30. The monoisotopic (exact) mass is 251 g/mol. The molecular formula is C15H22FNO. The lowest BCUT2D eigenvalue weighted by atomic mass is 10.0. The zero-order chi connectivity index (χ0) is 13.8. The van der Waals surface area contributed by atoms with E-state index in [2.05, 4.69) is 26.1 Å². The van der Waals surface area contributed by atoms with Crippen LogP contribution < -0.4 is 5.32 Å². The van der Waals surface area contributed by atoms with Crippen LogP contribution in [0.2, 0.25) is 0 Å². The SMILES string of the molecule is Cc1ccc(F)cc1CC(=O)CCNC(C)(C)C. The van der Waals surface area contributed by atoms with Crippen LogP contribution in [0.3, 0.4) is 0 Å². The number of halogens is 1. The molecule has 0 amide bonds. The number of hydrogen-bond acceptors (Lipinski definition) is 2. The molecular weight excluding hydrogens is 229 g/mol. The number of nitrogens with one attached hydrogen (secondary N) is 1. The first-order chi connectivity index (χ1) is 8.28. The summed E-state index contributed by atoms with van der Waals surface area (Å²) < 4.78 is 13.1. The number of carbonyl (C=O) groups excluding carboxylic acids is 1. The molecule has 0 atom stereocenters. The predicted molar refractivity (Wildman–Crippen MR) is 72.2 cm³/mol. The van der Waals surface area contributed by atoms with Crippen LogP contribution >= 0.6 is 0 Å². The second-order valence-corrected chi connectivity index (χ2v) is 5.71. The van der Waals surface area contributed by atoms with Crippen LogP contribution in [-0.4, -0.2) is 17.9 Å². The van der Waals surface area contributed by atoms with Crippen LogP contribution in [0.25, 0.3) is 0 Å². The molecule has 0 aliphatic heterocycles. The molecule has 0 unspecified atom stereocenters. The van der Waals surface area contributed by atoms with Crippen molar-refractivity contribution in [2.75, 3.05) is 6.54 Å². The van der Waals surface area contributed by atoms with Crippen molar-refractivity contribution in [1.82, 2.24) is 5.32 Å². The summed E-state index contributed by atoms with van der Waals surface area (Å²) in [4.78, 5) is 11.8. The maximum atomic E-state index is 13.1.